The zero-order valence-electron chi connectivity index (χ0n) is 12.9. The average Bonchev–Trinajstić information content (AvgIpc) is 3.23. The Balaban J connectivity index is 1.39. The number of aromatic amines is 1. The second-order valence-electron chi connectivity index (χ2n) is 5.76. The van der Waals surface area contributed by atoms with Crippen molar-refractivity contribution in [3.63, 3.8) is 0 Å². The summed E-state index contributed by atoms with van der Waals surface area (Å²) < 4.78 is 7.86. The Labute approximate surface area is 134 Å². The van der Waals surface area contributed by atoms with Crippen LogP contribution in [0.3, 0.4) is 0 Å². The monoisotopic (exact) mass is 309 g/mol. The lowest BCUT2D eigenvalue weighted by molar-refractivity contribution is 0.201. The summed E-state index contributed by atoms with van der Waals surface area (Å²) in [6.45, 7) is 4.17. The van der Waals surface area contributed by atoms with E-state index in [-0.39, 0.29) is 0 Å². The highest BCUT2D eigenvalue weighted by Crippen LogP contribution is 2.20. The molecule has 1 aliphatic rings. The van der Waals surface area contributed by atoms with Gasteiger partial charge in [0.2, 0.25) is 5.88 Å². The summed E-state index contributed by atoms with van der Waals surface area (Å²) in [7, 11) is 0. The largest absolute Gasteiger partial charge is 0.472 e. The van der Waals surface area contributed by atoms with E-state index in [0.717, 1.165) is 37.4 Å². The summed E-state index contributed by atoms with van der Waals surface area (Å²) in [6.07, 6.45) is 1.79. The molecule has 0 saturated heterocycles. The quantitative estimate of drug-likeness (QED) is 0.785. The maximum Gasteiger partial charge on any atom is 0.233 e. The molecule has 0 saturated carbocycles. The van der Waals surface area contributed by atoms with Crippen LogP contribution in [0.25, 0.3) is 0 Å². The molecule has 1 aliphatic heterocycles. The van der Waals surface area contributed by atoms with Gasteiger partial charge in [0.25, 0.3) is 0 Å². The molecule has 0 spiro atoms. The van der Waals surface area contributed by atoms with Crippen molar-refractivity contribution in [1.29, 1.82) is 0 Å². The van der Waals surface area contributed by atoms with Gasteiger partial charge in [0.15, 0.2) is 0 Å². The van der Waals surface area contributed by atoms with E-state index >= 15 is 0 Å². The van der Waals surface area contributed by atoms with Gasteiger partial charge in [-0.15, -0.1) is 5.10 Å². The lowest BCUT2D eigenvalue weighted by Gasteiger charge is -2.26. The highest BCUT2D eigenvalue weighted by molar-refractivity contribution is 5.19. The van der Waals surface area contributed by atoms with E-state index in [9.17, 15) is 0 Å². The molecule has 6 nitrogen and oxygen atoms in total. The van der Waals surface area contributed by atoms with E-state index in [1.54, 1.807) is 6.20 Å². The van der Waals surface area contributed by atoms with Gasteiger partial charge < -0.3 is 4.74 Å². The summed E-state index contributed by atoms with van der Waals surface area (Å²) in [6, 6.07) is 14.2. The molecule has 0 fully saturated rings. The fourth-order valence-corrected chi connectivity index (χ4v) is 2.84. The fraction of sp³-hybridized carbons (Fsp3) is 0.294. The van der Waals surface area contributed by atoms with Crippen LogP contribution in [0, 0.1) is 0 Å². The van der Waals surface area contributed by atoms with Crippen molar-refractivity contribution in [3.05, 3.63) is 65.6 Å². The van der Waals surface area contributed by atoms with Crippen molar-refractivity contribution in [2.24, 2.45) is 0 Å². The fourth-order valence-electron chi connectivity index (χ4n) is 2.84. The second kappa shape index (κ2) is 6.26. The summed E-state index contributed by atoms with van der Waals surface area (Å²) in [4.78, 5) is 2.38. The molecular weight excluding hydrogens is 290 g/mol. The molecule has 4 rings (SSSR count). The predicted molar refractivity (Wildman–Crippen MR) is 85.7 cm³/mol. The van der Waals surface area contributed by atoms with Gasteiger partial charge in [0.1, 0.15) is 6.61 Å². The summed E-state index contributed by atoms with van der Waals surface area (Å²) >= 11 is 0. The Morgan fingerprint density at radius 3 is 2.87 bits per heavy atom. The maximum absolute atomic E-state index is 5.82. The molecule has 118 valence electrons. The minimum Gasteiger partial charge on any atom is -0.472 e. The van der Waals surface area contributed by atoms with E-state index in [2.05, 4.69) is 32.3 Å². The minimum atomic E-state index is 0.551. The lowest BCUT2D eigenvalue weighted by Crippen LogP contribution is -2.33. The SMILES string of the molecule is c1ccc(COc2cc3n(n2)CCN(Cc2ccn[nH]2)C3)cc1. The van der Waals surface area contributed by atoms with Gasteiger partial charge in [-0.3, -0.25) is 14.7 Å². The standard InChI is InChI=1S/C17H19N5O/c1-2-4-14(5-3-1)13-23-17-10-16-12-21(8-9-22(16)20-17)11-15-6-7-18-19-15/h1-7,10H,8-9,11-13H2,(H,18,19). The molecular formula is C17H19N5O. The second-order valence-corrected chi connectivity index (χ2v) is 5.76. The van der Waals surface area contributed by atoms with E-state index in [4.69, 9.17) is 4.74 Å². The molecule has 0 aliphatic carbocycles. The van der Waals surface area contributed by atoms with Crippen LogP contribution in [0.4, 0.5) is 0 Å². The van der Waals surface area contributed by atoms with Crippen LogP contribution < -0.4 is 4.74 Å². The highest BCUT2D eigenvalue weighted by atomic mass is 16.5. The minimum absolute atomic E-state index is 0.551. The third kappa shape index (κ3) is 3.27. The van der Waals surface area contributed by atoms with Gasteiger partial charge in [-0.1, -0.05) is 30.3 Å². The van der Waals surface area contributed by atoms with Crippen LogP contribution in [0.1, 0.15) is 17.0 Å². The Morgan fingerprint density at radius 1 is 1.13 bits per heavy atom. The molecule has 3 aromatic rings. The number of ether oxygens (including phenoxy) is 1. The van der Waals surface area contributed by atoms with Crippen LogP contribution >= 0.6 is 0 Å². The van der Waals surface area contributed by atoms with Crippen molar-refractivity contribution in [2.75, 3.05) is 6.54 Å². The molecule has 2 aromatic heterocycles. The number of rotatable bonds is 5. The molecule has 1 aromatic carbocycles. The number of benzene rings is 1. The molecule has 3 heterocycles. The first-order valence-corrected chi connectivity index (χ1v) is 7.81. The van der Waals surface area contributed by atoms with Gasteiger partial charge in [-0.25, -0.2) is 0 Å². The molecule has 0 amide bonds. The van der Waals surface area contributed by atoms with E-state index in [1.165, 1.54) is 5.69 Å². The number of nitrogens with zero attached hydrogens (tertiary/aromatic N) is 4. The van der Waals surface area contributed by atoms with Gasteiger partial charge in [0, 0.05) is 37.6 Å². The summed E-state index contributed by atoms with van der Waals surface area (Å²) in [5.41, 5.74) is 3.48. The Kier molecular flexibility index (Phi) is 3.81. The van der Waals surface area contributed by atoms with Gasteiger partial charge in [-0.05, 0) is 11.6 Å². The van der Waals surface area contributed by atoms with Gasteiger partial charge in [-0.2, -0.15) is 5.10 Å². The zero-order valence-corrected chi connectivity index (χ0v) is 12.9. The van der Waals surface area contributed by atoms with Crippen LogP contribution in [0.15, 0.2) is 48.7 Å². The lowest BCUT2D eigenvalue weighted by atomic mass is 10.2. The van der Waals surface area contributed by atoms with E-state index in [1.807, 2.05) is 35.0 Å². The number of hydrogen-bond acceptors (Lipinski definition) is 4. The van der Waals surface area contributed by atoms with Crippen molar-refractivity contribution in [2.45, 2.75) is 26.2 Å². The highest BCUT2D eigenvalue weighted by Gasteiger charge is 2.19. The third-order valence-electron chi connectivity index (χ3n) is 4.04. The molecule has 0 radical (unpaired) electrons. The Hall–Kier alpha value is -2.60. The van der Waals surface area contributed by atoms with Crippen LogP contribution in [-0.4, -0.2) is 31.4 Å². The molecule has 23 heavy (non-hydrogen) atoms. The Bertz CT molecular complexity index is 751. The topological polar surface area (TPSA) is 59.0 Å². The van der Waals surface area contributed by atoms with Crippen molar-refractivity contribution in [1.82, 2.24) is 24.9 Å². The van der Waals surface area contributed by atoms with Crippen molar-refractivity contribution >= 4 is 0 Å². The van der Waals surface area contributed by atoms with Crippen LogP contribution in [0.5, 0.6) is 5.88 Å². The Morgan fingerprint density at radius 2 is 2.04 bits per heavy atom. The number of hydrogen-bond donors (Lipinski definition) is 1. The molecule has 1 N–H and O–H groups in total. The molecule has 6 heteroatoms. The van der Waals surface area contributed by atoms with Gasteiger partial charge >= 0.3 is 0 Å². The first-order valence-electron chi connectivity index (χ1n) is 7.81. The number of nitrogens with one attached hydrogen (secondary N) is 1. The third-order valence-corrected chi connectivity index (χ3v) is 4.04. The number of fused-ring (bicyclic) bond motifs is 1. The number of aromatic nitrogens is 4. The maximum atomic E-state index is 5.82. The van der Waals surface area contributed by atoms with E-state index in [0.29, 0.717) is 12.5 Å². The smallest absolute Gasteiger partial charge is 0.233 e. The van der Waals surface area contributed by atoms with Crippen LogP contribution in [0.2, 0.25) is 0 Å². The normalized spacial score (nSPS) is 14.6. The average molecular weight is 309 g/mol. The van der Waals surface area contributed by atoms with Crippen molar-refractivity contribution in [3.8, 4) is 5.88 Å². The molecule has 0 bridgehead atoms. The molecule has 0 unspecified atom stereocenters. The predicted octanol–water partition coefficient (Wildman–Crippen LogP) is 2.20. The first kappa shape index (κ1) is 14.0. The summed E-state index contributed by atoms with van der Waals surface area (Å²) in [5.74, 6) is 0.701. The summed E-state index contributed by atoms with van der Waals surface area (Å²) in [5, 5.41) is 11.6. The van der Waals surface area contributed by atoms with Gasteiger partial charge in [0.05, 0.1) is 12.2 Å². The number of H-pyrrole nitrogens is 1. The van der Waals surface area contributed by atoms with Crippen LogP contribution in [-0.2, 0) is 26.2 Å². The van der Waals surface area contributed by atoms with Crippen molar-refractivity contribution < 1.29 is 4.74 Å². The first-order chi connectivity index (χ1) is 11.4. The molecule has 0 atom stereocenters. The van der Waals surface area contributed by atoms with E-state index < -0.39 is 0 Å². The zero-order chi connectivity index (χ0) is 15.5.